The molecule has 3 nitrogen and oxygen atoms in total. The van der Waals surface area contributed by atoms with E-state index in [0.717, 1.165) is 37.4 Å². The molecule has 3 rings (SSSR count). The number of hydrogen-bond acceptors (Lipinski definition) is 3. The summed E-state index contributed by atoms with van der Waals surface area (Å²) in [6.45, 7) is 3.02. The summed E-state index contributed by atoms with van der Waals surface area (Å²) in [4.78, 5) is 6.74. The smallest absolute Gasteiger partial charge is 0.249 e. The number of fused-ring (bicyclic) bond motifs is 1. The molecule has 0 saturated carbocycles. The standard InChI is InChI=1S/C15H21F2N3/c16-15(17)6-1-10-20(11-7-15)14-3-2-12-4-8-18-9-5-13(12)19-14/h2-3,18H,1,4-11H2. The first-order chi connectivity index (χ1) is 9.64. The maximum atomic E-state index is 13.4. The van der Waals surface area contributed by atoms with Crippen molar-refractivity contribution < 1.29 is 8.78 Å². The lowest BCUT2D eigenvalue weighted by molar-refractivity contribution is -0.0102. The van der Waals surface area contributed by atoms with Gasteiger partial charge in [0, 0.05) is 44.6 Å². The zero-order valence-electron chi connectivity index (χ0n) is 11.7. The normalized spacial score (nSPS) is 22.8. The third kappa shape index (κ3) is 3.08. The summed E-state index contributed by atoms with van der Waals surface area (Å²) in [7, 11) is 0. The summed E-state index contributed by atoms with van der Waals surface area (Å²) in [5, 5.41) is 3.36. The van der Waals surface area contributed by atoms with Gasteiger partial charge in [-0.25, -0.2) is 13.8 Å². The van der Waals surface area contributed by atoms with E-state index in [0.29, 0.717) is 19.5 Å². The lowest BCUT2D eigenvalue weighted by Gasteiger charge is -2.22. The summed E-state index contributed by atoms with van der Waals surface area (Å²) < 4.78 is 26.9. The van der Waals surface area contributed by atoms with Crippen LogP contribution in [0.4, 0.5) is 14.6 Å². The zero-order chi connectivity index (χ0) is 14.0. The summed E-state index contributed by atoms with van der Waals surface area (Å²) >= 11 is 0. The quantitative estimate of drug-likeness (QED) is 0.857. The Morgan fingerprint density at radius 3 is 2.85 bits per heavy atom. The Hall–Kier alpha value is -1.23. The van der Waals surface area contributed by atoms with E-state index in [1.807, 2.05) is 11.0 Å². The fourth-order valence-corrected chi connectivity index (χ4v) is 2.99. The second-order valence-electron chi connectivity index (χ2n) is 5.72. The van der Waals surface area contributed by atoms with E-state index < -0.39 is 5.92 Å². The second-order valence-corrected chi connectivity index (χ2v) is 5.72. The molecule has 0 atom stereocenters. The van der Waals surface area contributed by atoms with E-state index in [1.165, 1.54) is 5.56 Å². The van der Waals surface area contributed by atoms with Crippen LogP contribution in [0.3, 0.4) is 0 Å². The number of pyridine rings is 1. The van der Waals surface area contributed by atoms with E-state index in [-0.39, 0.29) is 12.8 Å². The van der Waals surface area contributed by atoms with Crippen molar-refractivity contribution in [3.05, 3.63) is 23.4 Å². The highest BCUT2D eigenvalue weighted by molar-refractivity contribution is 5.42. The molecule has 0 amide bonds. The number of aromatic nitrogens is 1. The molecule has 2 aliphatic heterocycles. The van der Waals surface area contributed by atoms with Gasteiger partial charge in [0.1, 0.15) is 5.82 Å². The van der Waals surface area contributed by atoms with Crippen molar-refractivity contribution in [3.8, 4) is 0 Å². The van der Waals surface area contributed by atoms with Crippen LogP contribution in [0.2, 0.25) is 0 Å². The van der Waals surface area contributed by atoms with E-state index >= 15 is 0 Å². The number of alkyl halides is 2. The van der Waals surface area contributed by atoms with Gasteiger partial charge in [-0.15, -0.1) is 0 Å². The minimum Gasteiger partial charge on any atom is -0.356 e. The van der Waals surface area contributed by atoms with Crippen molar-refractivity contribution in [2.24, 2.45) is 0 Å². The van der Waals surface area contributed by atoms with E-state index in [1.54, 1.807) is 0 Å². The topological polar surface area (TPSA) is 28.2 Å². The lowest BCUT2D eigenvalue weighted by atomic mass is 10.1. The maximum absolute atomic E-state index is 13.4. The number of halogens is 2. The molecule has 20 heavy (non-hydrogen) atoms. The largest absolute Gasteiger partial charge is 0.356 e. The highest BCUT2D eigenvalue weighted by atomic mass is 19.3. The van der Waals surface area contributed by atoms with Crippen LogP contribution in [0, 0.1) is 0 Å². The van der Waals surface area contributed by atoms with Gasteiger partial charge in [0.2, 0.25) is 5.92 Å². The van der Waals surface area contributed by atoms with Gasteiger partial charge in [-0.2, -0.15) is 0 Å². The molecule has 1 fully saturated rings. The third-order valence-electron chi connectivity index (χ3n) is 4.21. The first-order valence-electron chi connectivity index (χ1n) is 7.46. The molecule has 1 N–H and O–H groups in total. The van der Waals surface area contributed by atoms with Crippen molar-refractivity contribution in [2.75, 3.05) is 31.1 Å². The molecular weight excluding hydrogens is 260 g/mol. The Labute approximate surface area is 118 Å². The molecule has 110 valence electrons. The van der Waals surface area contributed by atoms with Crippen molar-refractivity contribution in [1.29, 1.82) is 0 Å². The van der Waals surface area contributed by atoms with E-state index in [9.17, 15) is 8.78 Å². The molecule has 0 aliphatic carbocycles. The molecule has 0 spiro atoms. The van der Waals surface area contributed by atoms with Crippen LogP contribution in [0.25, 0.3) is 0 Å². The van der Waals surface area contributed by atoms with Gasteiger partial charge in [-0.05, 0) is 31.0 Å². The summed E-state index contributed by atoms with van der Waals surface area (Å²) in [6.07, 6.45) is 2.40. The van der Waals surface area contributed by atoms with Gasteiger partial charge in [-0.1, -0.05) is 6.07 Å². The fourth-order valence-electron chi connectivity index (χ4n) is 2.99. The van der Waals surface area contributed by atoms with Gasteiger partial charge < -0.3 is 10.2 Å². The minimum absolute atomic E-state index is 0.00163. The molecule has 3 heterocycles. The Bertz CT molecular complexity index is 476. The van der Waals surface area contributed by atoms with Gasteiger partial charge in [0.15, 0.2) is 0 Å². The van der Waals surface area contributed by atoms with Crippen LogP contribution in [-0.4, -0.2) is 37.1 Å². The predicted octanol–water partition coefficient (Wildman–Crippen LogP) is 2.40. The Balaban J connectivity index is 1.78. The average Bonchev–Trinajstić information content (AvgIpc) is 2.75. The van der Waals surface area contributed by atoms with Crippen LogP contribution >= 0.6 is 0 Å². The van der Waals surface area contributed by atoms with E-state index in [2.05, 4.69) is 11.4 Å². The van der Waals surface area contributed by atoms with Crippen LogP contribution in [0.5, 0.6) is 0 Å². The van der Waals surface area contributed by atoms with Crippen LogP contribution in [-0.2, 0) is 12.8 Å². The lowest BCUT2D eigenvalue weighted by Crippen LogP contribution is -2.27. The molecule has 0 unspecified atom stereocenters. The second kappa shape index (κ2) is 5.64. The molecular formula is C15H21F2N3. The summed E-state index contributed by atoms with van der Waals surface area (Å²) in [6, 6.07) is 4.11. The number of nitrogens with one attached hydrogen (secondary N) is 1. The molecule has 5 heteroatoms. The summed E-state index contributed by atoms with van der Waals surface area (Å²) in [5.74, 6) is -1.65. The molecule has 1 saturated heterocycles. The number of nitrogens with zero attached hydrogens (tertiary/aromatic N) is 2. The minimum atomic E-state index is -2.51. The van der Waals surface area contributed by atoms with Gasteiger partial charge >= 0.3 is 0 Å². The number of anilines is 1. The monoisotopic (exact) mass is 281 g/mol. The molecule has 1 aromatic rings. The first kappa shape index (κ1) is 13.7. The molecule has 1 aromatic heterocycles. The number of hydrogen-bond donors (Lipinski definition) is 1. The molecule has 2 aliphatic rings. The van der Waals surface area contributed by atoms with Gasteiger partial charge in [-0.3, -0.25) is 0 Å². The maximum Gasteiger partial charge on any atom is 0.249 e. The highest BCUT2D eigenvalue weighted by Gasteiger charge is 2.32. The third-order valence-corrected chi connectivity index (χ3v) is 4.21. The molecule has 0 aromatic carbocycles. The Morgan fingerprint density at radius 2 is 1.95 bits per heavy atom. The van der Waals surface area contributed by atoms with Crippen molar-refractivity contribution in [3.63, 3.8) is 0 Å². The van der Waals surface area contributed by atoms with Crippen LogP contribution in [0.15, 0.2) is 12.1 Å². The predicted molar refractivity (Wildman–Crippen MR) is 75.5 cm³/mol. The highest BCUT2D eigenvalue weighted by Crippen LogP contribution is 2.29. The van der Waals surface area contributed by atoms with Crippen LogP contribution < -0.4 is 10.2 Å². The SMILES string of the molecule is FC1(F)CCCN(c2ccc3c(n2)CCNCC3)CC1. The molecule has 0 bridgehead atoms. The van der Waals surface area contributed by atoms with Crippen molar-refractivity contribution in [1.82, 2.24) is 10.3 Å². The van der Waals surface area contributed by atoms with Crippen LogP contribution in [0.1, 0.15) is 30.5 Å². The van der Waals surface area contributed by atoms with E-state index in [4.69, 9.17) is 4.98 Å². The first-order valence-corrected chi connectivity index (χ1v) is 7.46. The van der Waals surface area contributed by atoms with Gasteiger partial charge in [0.05, 0.1) is 0 Å². The fraction of sp³-hybridized carbons (Fsp3) is 0.667. The van der Waals surface area contributed by atoms with Crippen molar-refractivity contribution >= 4 is 5.82 Å². The Morgan fingerprint density at radius 1 is 1.10 bits per heavy atom. The molecule has 0 radical (unpaired) electrons. The number of rotatable bonds is 1. The van der Waals surface area contributed by atoms with Crippen molar-refractivity contribution in [2.45, 2.75) is 38.0 Å². The summed E-state index contributed by atoms with van der Waals surface area (Å²) in [5.41, 5.74) is 2.42. The van der Waals surface area contributed by atoms with Gasteiger partial charge in [0.25, 0.3) is 0 Å². The zero-order valence-corrected chi connectivity index (χ0v) is 11.7. The Kier molecular flexibility index (Phi) is 3.87. The average molecular weight is 281 g/mol.